The van der Waals surface area contributed by atoms with E-state index in [4.69, 9.17) is 9.47 Å². The van der Waals surface area contributed by atoms with Gasteiger partial charge < -0.3 is 14.8 Å². The van der Waals surface area contributed by atoms with E-state index < -0.39 is 0 Å². The van der Waals surface area contributed by atoms with Gasteiger partial charge in [-0.05, 0) is 48.4 Å². The Labute approximate surface area is 173 Å². The molecule has 1 aliphatic carbocycles. The van der Waals surface area contributed by atoms with Gasteiger partial charge in [0.2, 0.25) is 5.91 Å². The summed E-state index contributed by atoms with van der Waals surface area (Å²) in [7, 11) is 1.75. The summed E-state index contributed by atoms with van der Waals surface area (Å²) in [5, 5.41) is 2.84. The Hall–Kier alpha value is -2.53. The second kappa shape index (κ2) is 8.87. The van der Waals surface area contributed by atoms with E-state index in [0.29, 0.717) is 12.6 Å². The molecule has 0 bridgehead atoms. The third kappa shape index (κ3) is 4.73. The lowest BCUT2D eigenvalue weighted by molar-refractivity contribution is -0.119. The summed E-state index contributed by atoms with van der Waals surface area (Å²) < 4.78 is 11.9. The number of ether oxygens (including phenoxy) is 2. The van der Waals surface area contributed by atoms with Gasteiger partial charge in [0.25, 0.3) is 0 Å². The molecule has 1 heterocycles. The maximum Gasteiger partial charge on any atom is 0.217 e. The molecule has 1 amide bonds. The molecule has 5 nitrogen and oxygen atoms in total. The molecule has 1 aliphatic heterocycles. The van der Waals surface area contributed by atoms with E-state index in [1.165, 1.54) is 23.1 Å². The summed E-state index contributed by atoms with van der Waals surface area (Å²) in [6, 6.07) is 12.8. The number of methoxy groups -OCH3 is 1. The molecule has 154 valence electrons. The van der Waals surface area contributed by atoms with Crippen molar-refractivity contribution in [2.45, 2.75) is 58.3 Å². The van der Waals surface area contributed by atoms with Gasteiger partial charge in [-0.15, -0.1) is 0 Å². The van der Waals surface area contributed by atoms with Crippen LogP contribution in [0.5, 0.6) is 11.5 Å². The van der Waals surface area contributed by atoms with Crippen molar-refractivity contribution in [2.75, 3.05) is 13.7 Å². The van der Waals surface area contributed by atoms with Gasteiger partial charge in [0.15, 0.2) is 11.5 Å². The van der Waals surface area contributed by atoms with E-state index in [2.05, 4.69) is 46.6 Å². The van der Waals surface area contributed by atoms with E-state index in [1.807, 2.05) is 0 Å². The van der Waals surface area contributed by atoms with Crippen LogP contribution in [0.4, 0.5) is 0 Å². The Morgan fingerprint density at radius 3 is 2.55 bits per heavy atom. The first kappa shape index (κ1) is 19.8. The van der Waals surface area contributed by atoms with Gasteiger partial charge in [-0.2, -0.15) is 0 Å². The van der Waals surface area contributed by atoms with Crippen LogP contribution in [0.3, 0.4) is 0 Å². The fraction of sp³-hybridized carbons (Fsp3) is 0.458. The Bertz CT molecular complexity index is 859. The molecule has 2 aromatic carbocycles. The van der Waals surface area contributed by atoms with Crippen LogP contribution >= 0.6 is 0 Å². The lowest BCUT2D eigenvalue weighted by atomic mass is 9.95. The van der Waals surface area contributed by atoms with E-state index in [1.54, 1.807) is 14.0 Å². The standard InChI is InChI=1S/C24H30N2O3/c1-17(27)25-14-18-6-8-19(9-7-18)15-26-13-12-22-20(16-26)10-11-23(24(22)28-2)29-21-4-3-5-21/h6-11,21H,3-5,12-16H2,1-2H3,(H,25,27). The molecule has 0 radical (unpaired) electrons. The lowest BCUT2D eigenvalue weighted by Gasteiger charge is -2.32. The Kier molecular flexibility index (Phi) is 6.05. The third-order valence-electron chi connectivity index (χ3n) is 5.91. The Morgan fingerprint density at radius 1 is 1.14 bits per heavy atom. The zero-order valence-electron chi connectivity index (χ0n) is 17.4. The maximum atomic E-state index is 11.1. The molecule has 2 aliphatic rings. The van der Waals surface area contributed by atoms with Gasteiger partial charge >= 0.3 is 0 Å². The SMILES string of the molecule is COc1c(OC2CCC2)ccc2c1CCN(Cc1ccc(CNC(C)=O)cc1)C2. The molecule has 0 spiro atoms. The highest BCUT2D eigenvalue weighted by Crippen LogP contribution is 2.39. The third-order valence-corrected chi connectivity index (χ3v) is 5.91. The van der Waals surface area contributed by atoms with E-state index >= 15 is 0 Å². The summed E-state index contributed by atoms with van der Waals surface area (Å²) in [6.07, 6.45) is 4.90. The first-order valence-corrected chi connectivity index (χ1v) is 10.5. The zero-order chi connectivity index (χ0) is 20.2. The molecule has 1 N–H and O–H groups in total. The largest absolute Gasteiger partial charge is 0.493 e. The predicted octanol–water partition coefficient (Wildman–Crippen LogP) is 3.82. The van der Waals surface area contributed by atoms with Gasteiger partial charge in [0, 0.05) is 38.7 Å². The molecule has 29 heavy (non-hydrogen) atoms. The molecule has 2 aromatic rings. The highest BCUT2D eigenvalue weighted by molar-refractivity contribution is 5.72. The average molecular weight is 395 g/mol. The van der Waals surface area contributed by atoms with Gasteiger partial charge in [-0.1, -0.05) is 30.3 Å². The topological polar surface area (TPSA) is 50.8 Å². The predicted molar refractivity (Wildman–Crippen MR) is 113 cm³/mol. The fourth-order valence-corrected chi connectivity index (χ4v) is 4.03. The molecular formula is C24H30N2O3. The second-order valence-electron chi connectivity index (χ2n) is 8.09. The van der Waals surface area contributed by atoms with Crippen LogP contribution in [0, 0.1) is 0 Å². The molecular weight excluding hydrogens is 364 g/mol. The summed E-state index contributed by atoms with van der Waals surface area (Å²) in [6.45, 7) is 4.97. The maximum absolute atomic E-state index is 11.1. The Balaban J connectivity index is 1.40. The molecule has 1 fully saturated rings. The monoisotopic (exact) mass is 394 g/mol. The minimum atomic E-state index is -0.00210. The van der Waals surface area contributed by atoms with E-state index in [-0.39, 0.29) is 5.91 Å². The van der Waals surface area contributed by atoms with Crippen molar-refractivity contribution in [2.24, 2.45) is 0 Å². The van der Waals surface area contributed by atoms with Crippen LogP contribution < -0.4 is 14.8 Å². The first-order valence-electron chi connectivity index (χ1n) is 10.5. The van der Waals surface area contributed by atoms with Gasteiger partial charge in [0.05, 0.1) is 13.2 Å². The number of amides is 1. The van der Waals surface area contributed by atoms with Crippen LogP contribution in [0.1, 0.15) is 48.4 Å². The van der Waals surface area contributed by atoms with Crippen molar-refractivity contribution in [3.05, 3.63) is 58.7 Å². The molecule has 0 saturated heterocycles. The Morgan fingerprint density at radius 2 is 1.90 bits per heavy atom. The van der Waals surface area contributed by atoms with Crippen molar-refractivity contribution in [3.8, 4) is 11.5 Å². The normalized spacial score (nSPS) is 16.6. The number of hydrogen-bond acceptors (Lipinski definition) is 4. The minimum absolute atomic E-state index is 0.00210. The number of carbonyl (C=O) groups excluding carboxylic acids is 1. The molecule has 0 unspecified atom stereocenters. The van der Waals surface area contributed by atoms with Crippen molar-refractivity contribution >= 4 is 5.91 Å². The van der Waals surface area contributed by atoms with Crippen LogP contribution in [0.15, 0.2) is 36.4 Å². The second-order valence-corrected chi connectivity index (χ2v) is 8.09. The van der Waals surface area contributed by atoms with Crippen LogP contribution in [0.2, 0.25) is 0 Å². The summed E-state index contributed by atoms with van der Waals surface area (Å²) in [5.41, 5.74) is 5.04. The van der Waals surface area contributed by atoms with Crippen molar-refractivity contribution in [1.82, 2.24) is 10.2 Å². The van der Waals surface area contributed by atoms with Crippen LogP contribution in [-0.4, -0.2) is 30.6 Å². The highest BCUT2D eigenvalue weighted by atomic mass is 16.5. The van der Waals surface area contributed by atoms with Crippen molar-refractivity contribution < 1.29 is 14.3 Å². The summed E-state index contributed by atoms with van der Waals surface area (Å²) in [5.74, 6) is 1.83. The number of nitrogens with zero attached hydrogens (tertiary/aromatic N) is 1. The molecule has 5 heteroatoms. The molecule has 4 rings (SSSR count). The van der Waals surface area contributed by atoms with Gasteiger partial charge in [-0.3, -0.25) is 9.69 Å². The highest BCUT2D eigenvalue weighted by Gasteiger charge is 2.25. The molecule has 0 aromatic heterocycles. The van der Waals surface area contributed by atoms with E-state index in [9.17, 15) is 4.79 Å². The quantitative estimate of drug-likeness (QED) is 0.776. The van der Waals surface area contributed by atoms with E-state index in [0.717, 1.165) is 56.0 Å². The number of rotatable bonds is 7. The smallest absolute Gasteiger partial charge is 0.217 e. The zero-order valence-corrected chi connectivity index (χ0v) is 17.4. The fourth-order valence-electron chi connectivity index (χ4n) is 4.03. The van der Waals surface area contributed by atoms with Gasteiger partial charge in [-0.25, -0.2) is 0 Å². The van der Waals surface area contributed by atoms with Crippen LogP contribution in [0.25, 0.3) is 0 Å². The molecule has 1 saturated carbocycles. The number of benzene rings is 2. The number of fused-ring (bicyclic) bond motifs is 1. The van der Waals surface area contributed by atoms with Crippen LogP contribution in [-0.2, 0) is 30.8 Å². The number of hydrogen-bond donors (Lipinski definition) is 1. The average Bonchev–Trinajstić information content (AvgIpc) is 2.69. The lowest BCUT2D eigenvalue weighted by Crippen LogP contribution is -2.30. The van der Waals surface area contributed by atoms with Gasteiger partial charge in [0.1, 0.15) is 0 Å². The minimum Gasteiger partial charge on any atom is -0.493 e. The number of carbonyl (C=O) groups is 1. The number of nitrogens with one attached hydrogen (secondary N) is 1. The summed E-state index contributed by atoms with van der Waals surface area (Å²) in [4.78, 5) is 13.5. The van der Waals surface area contributed by atoms with Crippen molar-refractivity contribution in [3.63, 3.8) is 0 Å². The van der Waals surface area contributed by atoms with Crippen molar-refractivity contribution in [1.29, 1.82) is 0 Å². The summed E-state index contributed by atoms with van der Waals surface area (Å²) >= 11 is 0. The first-order chi connectivity index (χ1) is 14.1. The molecule has 0 atom stereocenters.